The van der Waals surface area contributed by atoms with E-state index >= 15 is 0 Å². The van der Waals surface area contributed by atoms with E-state index in [2.05, 4.69) is 353 Å². The largest absolute Gasteiger partial charge is 0.0713 e. The van der Waals surface area contributed by atoms with E-state index in [0.29, 0.717) is 0 Å². The Morgan fingerprint density at radius 1 is 0.247 bits per heavy atom. The summed E-state index contributed by atoms with van der Waals surface area (Å²) < 4.78 is 0. The predicted octanol–water partition coefficient (Wildman–Crippen LogP) is 24.2. The second kappa shape index (κ2) is 28.7. The van der Waals surface area contributed by atoms with Gasteiger partial charge in [-0.25, -0.2) is 0 Å². The quantitative estimate of drug-likeness (QED) is 0.162. The van der Waals surface area contributed by atoms with Gasteiger partial charge in [-0.05, 0) is 239 Å². The summed E-state index contributed by atoms with van der Waals surface area (Å²) in [6, 6.07) is 87.5. The molecule has 1 saturated carbocycles. The molecule has 0 saturated heterocycles. The summed E-state index contributed by atoms with van der Waals surface area (Å²) >= 11 is 0. The minimum absolute atomic E-state index is 0.151. The first-order valence-corrected chi connectivity index (χ1v) is 32.4. The first kappa shape index (κ1) is 64.9. The third-order valence-electron chi connectivity index (χ3n) is 19.3. The molecule has 1 fully saturated rings. The minimum atomic E-state index is -0.263. The van der Waals surface area contributed by atoms with Gasteiger partial charge in [-0.2, -0.15) is 0 Å². The van der Waals surface area contributed by atoms with Gasteiger partial charge in [-0.1, -0.05) is 290 Å². The van der Waals surface area contributed by atoms with Gasteiger partial charge in [0.05, 0.1) is 5.41 Å². The Labute approximate surface area is 536 Å². The SMILES string of the molecule is Cc1cc(C)c(C)cc1C.Cc1ccc(C)c2c1C1CCC2C1.Cc1ccc(C)cc1.Cc1ccc2c(c1)C(C)(C)c1ccccc1-2.Cc1ccc2c(c1)C(c1ccccc1)(c1ccccc1)c1ccccc1-2.Cc1cccc(C)c1.Cc1ccccc1C. The third kappa shape index (κ3) is 14.6. The lowest BCUT2D eigenvalue weighted by Gasteiger charge is -2.34. The minimum Gasteiger partial charge on any atom is -0.0622 e. The summed E-state index contributed by atoms with van der Waals surface area (Å²) in [6.07, 6.45) is 4.34. The van der Waals surface area contributed by atoms with Crippen LogP contribution in [0.15, 0.2) is 243 Å². The maximum atomic E-state index is 2.37. The molecule has 0 heteroatoms. The molecule has 2 atom stereocenters. The van der Waals surface area contributed by atoms with Gasteiger partial charge in [0, 0.05) is 5.41 Å². The fourth-order valence-corrected chi connectivity index (χ4v) is 14.0. The Bertz CT molecular complexity index is 3980. The van der Waals surface area contributed by atoms with E-state index in [1.807, 2.05) is 0 Å². The highest BCUT2D eigenvalue weighted by Crippen LogP contribution is 2.57. The van der Waals surface area contributed by atoms with Crippen molar-refractivity contribution in [3.63, 3.8) is 0 Å². The number of benzene rings is 11. The van der Waals surface area contributed by atoms with E-state index in [0.717, 1.165) is 11.8 Å². The summed E-state index contributed by atoms with van der Waals surface area (Å²) in [6.45, 7) is 34.8. The molecule has 0 amide bonds. The molecule has 0 heterocycles. The Hall–Kier alpha value is -8.58. The molecule has 2 unspecified atom stereocenters. The lowest BCUT2D eigenvalue weighted by atomic mass is 9.67. The third-order valence-corrected chi connectivity index (χ3v) is 19.3. The molecule has 11 aromatic carbocycles. The molecule has 11 aromatic rings. The predicted molar refractivity (Wildman–Crippen MR) is 386 cm³/mol. The van der Waals surface area contributed by atoms with E-state index in [9.17, 15) is 0 Å². The van der Waals surface area contributed by atoms with Crippen LogP contribution in [-0.2, 0) is 10.8 Å². The van der Waals surface area contributed by atoms with E-state index < -0.39 is 0 Å². The van der Waals surface area contributed by atoms with Crippen LogP contribution in [0.1, 0.15) is 167 Å². The molecule has 452 valence electrons. The van der Waals surface area contributed by atoms with Gasteiger partial charge in [0.2, 0.25) is 0 Å². The van der Waals surface area contributed by atoms with E-state index in [1.54, 1.807) is 11.1 Å². The average molecular weight is 1170 g/mol. The zero-order valence-electron chi connectivity index (χ0n) is 56.4. The van der Waals surface area contributed by atoms with Crippen LogP contribution in [0.5, 0.6) is 0 Å². The average Bonchev–Trinajstić information content (AvgIpc) is 1.59. The molecule has 89 heavy (non-hydrogen) atoms. The highest BCUT2D eigenvalue weighted by molar-refractivity contribution is 5.86. The Morgan fingerprint density at radius 2 is 0.596 bits per heavy atom. The van der Waals surface area contributed by atoms with E-state index in [1.165, 1.54) is 153 Å². The molecule has 4 aliphatic carbocycles. The summed E-state index contributed by atoms with van der Waals surface area (Å²) in [5.74, 6) is 1.83. The van der Waals surface area contributed by atoms with Crippen molar-refractivity contribution in [1.82, 2.24) is 0 Å². The molecule has 0 radical (unpaired) electrons. The Morgan fingerprint density at radius 3 is 1.02 bits per heavy atom. The number of hydrogen-bond acceptors (Lipinski definition) is 0. The standard InChI is InChI=1S/C26H20.C16H16.C13H16.C10H14.3C8H10/c1-19-16-17-23-22-14-8-9-15-24(22)26(25(23)18-19,20-10-4-2-5-11-20)21-12-6-3-7-13-21;1-11-8-9-13-12-6-4-5-7-14(12)16(2,3)15(13)10-11;1-8-3-4-9(2)13-11-6-5-10(7-11)12(8)13;1-7-5-9(3)10(4)6-8(7)2;1-7-3-5-8(2)6-4-7;1-7-4-3-5-8(2)6-7;1-7-5-3-4-6-8(7)2/h2-18H,1H3;4-10H,1-3H3;3-4,10-11H,5-7H2,1-2H3;5-6H,1-4H3;3*3-6H,1-2H3. The van der Waals surface area contributed by atoms with E-state index in [4.69, 9.17) is 0 Å². The van der Waals surface area contributed by atoms with Gasteiger partial charge in [0.1, 0.15) is 0 Å². The Balaban J connectivity index is 0.000000130. The summed E-state index contributed by atoms with van der Waals surface area (Å²) in [7, 11) is 0. The summed E-state index contributed by atoms with van der Waals surface area (Å²) in [4.78, 5) is 0. The number of hydrogen-bond donors (Lipinski definition) is 0. The second-order valence-corrected chi connectivity index (χ2v) is 26.4. The molecular weight excluding hydrogens is 1070 g/mol. The molecule has 4 aliphatic rings. The fraction of sp³-hybridized carbons (Fsp3) is 0.258. The molecule has 2 bridgehead atoms. The van der Waals surface area contributed by atoms with Crippen molar-refractivity contribution in [2.75, 3.05) is 0 Å². The van der Waals surface area contributed by atoms with Gasteiger partial charge >= 0.3 is 0 Å². The molecular formula is C89H96. The first-order chi connectivity index (χ1) is 42.7. The topological polar surface area (TPSA) is 0 Å². The molecule has 0 aromatic heterocycles. The zero-order valence-corrected chi connectivity index (χ0v) is 56.4. The van der Waals surface area contributed by atoms with Crippen molar-refractivity contribution >= 4 is 0 Å². The molecule has 0 spiro atoms. The molecule has 0 nitrogen and oxygen atoms in total. The zero-order chi connectivity index (χ0) is 63.6. The molecule has 0 aliphatic heterocycles. The van der Waals surface area contributed by atoms with Gasteiger partial charge < -0.3 is 0 Å². The maximum Gasteiger partial charge on any atom is 0.0713 e. The van der Waals surface area contributed by atoms with Gasteiger partial charge in [0.25, 0.3) is 0 Å². The summed E-state index contributed by atoms with van der Waals surface area (Å²) in [5.41, 5.74) is 36.5. The second-order valence-electron chi connectivity index (χ2n) is 26.4. The number of fused-ring (bicyclic) bond motifs is 11. The smallest absolute Gasteiger partial charge is 0.0622 e. The van der Waals surface area contributed by atoms with Crippen molar-refractivity contribution in [1.29, 1.82) is 0 Å². The highest BCUT2D eigenvalue weighted by atomic mass is 14.5. The van der Waals surface area contributed by atoms with Crippen LogP contribution >= 0.6 is 0 Å². The lowest BCUT2D eigenvalue weighted by Crippen LogP contribution is -2.28. The van der Waals surface area contributed by atoms with Gasteiger partial charge in [-0.15, -0.1) is 0 Å². The van der Waals surface area contributed by atoms with Crippen molar-refractivity contribution in [2.45, 2.75) is 153 Å². The van der Waals surface area contributed by atoms with Crippen LogP contribution in [0.4, 0.5) is 0 Å². The first-order valence-electron chi connectivity index (χ1n) is 32.4. The van der Waals surface area contributed by atoms with Gasteiger partial charge in [-0.3, -0.25) is 0 Å². The maximum absolute atomic E-state index is 2.37. The van der Waals surface area contributed by atoms with Crippen molar-refractivity contribution in [2.24, 2.45) is 0 Å². The normalized spacial score (nSPS) is 14.8. The van der Waals surface area contributed by atoms with Crippen molar-refractivity contribution in [3.05, 3.63) is 365 Å². The highest BCUT2D eigenvalue weighted by Gasteiger charge is 2.46. The monoisotopic (exact) mass is 1160 g/mol. The van der Waals surface area contributed by atoms with Crippen LogP contribution in [0.2, 0.25) is 0 Å². The van der Waals surface area contributed by atoms with Gasteiger partial charge in [0.15, 0.2) is 0 Å². The van der Waals surface area contributed by atoms with Crippen LogP contribution in [0.25, 0.3) is 22.3 Å². The van der Waals surface area contributed by atoms with Crippen molar-refractivity contribution < 1.29 is 0 Å². The number of rotatable bonds is 2. The molecule has 15 rings (SSSR count). The van der Waals surface area contributed by atoms with Crippen LogP contribution < -0.4 is 0 Å². The lowest BCUT2D eigenvalue weighted by molar-refractivity contribution is 0.660. The molecule has 0 N–H and O–H groups in total. The van der Waals surface area contributed by atoms with Crippen molar-refractivity contribution in [3.8, 4) is 22.3 Å². The number of aryl methyl sites for hydroxylation is 14. The van der Waals surface area contributed by atoms with E-state index in [-0.39, 0.29) is 10.8 Å². The van der Waals surface area contributed by atoms with Crippen LogP contribution in [0, 0.1) is 96.9 Å². The summed E-state index contributed by atoms with van der Waals surface area (Å²) in [5, 5.41) is 0. The van der Waals surface area contributed by atoms with Crippen LogP contribution in [0.3, 0.4) is 0 Å². The van der Waals surface area contributed by atoms with Crippen LogP contribution in [-0.4, -0.2) is 0 Å². The fourth-order valence-electron chi connectivity index (χ4n) is 14.0. The Kier molecular flexibility index (Phi) is 20.9.